The Morgan fingerprint density at radius 1 is 1.18 bits per heavy atom. The molecule has 0 atom stereocenters. The van der Waals surface area contributed by atoms with E-state index in [0.29, 0.717) is 23.1 Å². The summed E-state index contributed by atoms with van der Waals surface area (Å²) >= 11 is 0. The van der Waals surface area contributed by atoms with E-state index in [4.69, 9.17) is 0 Å². The fraction of sp³-hybridized carbons (Fsp3) is 0.389. The maximum absolute atomic E-state index is 11.8. The van der Waals surface area contributed by atoms with Crippen molar-refractivity contribution in [2.24, 2.45) is 5.92 Å². The van der Waals surface area contributed by atoms with Gasteiger partial charge in [-0.3, -0.25) is 0 Å². The minimum Gasteiger partial charge on any atom is -0.478 e. The monoisotopic (exact) mass is 296 g/mol. The smallest absolute Gasteiger partial charge is 0.339 e. The van der Waals surface area contributed by atoms with Gasteiger partial charge < -0.3 is 5.11 Å². The molecule has 114 valence electrons. The molecular weight excluding hydrogens is 276 g/mol. The molecule has 3 rings (SSSR count). The molecule has 1 saturated carbocycles. The van der Waals surface area contributed by atoms with Gasteiger partial charge in [-0.1, -0.05) is 12.1 Å². The van der Waals surface area contributed by atoms with E-state index in [0.717, 1.165) is 17.5 Å². The first-order valence-corrected chi connectivity index (χ1v) is 7.64. The summed E-state index contributed by atoms with van der Waals surface area (Å²) < 4.78 is 0. The van der Waals surface area contributed by atoms with Gasteiger partial charge in [0.1, 0.15) is 11.4 Å². The molecule has 0 amide bonds. The lowest BCUT2D eigenvalue weighted by Gasteiger charge is -2.12. The third-order valence-electron chi connectivity index (χ3n) is 4.27. The highest BCUT2D eigenvalue weighted by atomic mass is 16.4. The summed E-state index contributed by atoms with van der Waals surface area (Å²) in [5, 5.41) is 9.68. The average Bonchev–Trinajstić information content (AvgIpc) is 3.24. The number of rotatable bonds is 4. The van der Waals surface area contributed by atoms with Crippen LogP contribution in [0.15, 0.2) is 18.2 Å². The van der Waals surface area contributed by atoms with E-state index in [1.54, 1.807) is 0 Å². The molecular formula is C18H20N2O2. The zero-order valence-corrected chi connectivity index (χ0v) is 13.2. The number of aromatic carboxylic acids is 1. The van der Waals surface area contributed by atoms with E-state index < -0.39 is 5.97 Å². The Balaban J connectivity index is 2.17. The summed E-state index contributed by atoms with van der Waals surface area (Å²) in [5.41, 5.74) is 4.65. The van der Waals surface area contributed by atoms with E-state index in [9.17, 15) is 9.90 Å². The summed E-state index contributed by atoms with van der Waals surface area (Å²) in [5.74, 6) is 0.276. The van der Waals surface area contributed by atoms with Gasteiger partial charge in [0.05, 0.1) is 11.4 Å². The van der Waals surface area contributed by atoms with Gasteiger partial charge in [-0.15, -0.1) is 0 Å². The van der Waals surface area contributed by atoms with Crippen LogP contribution in [0.25, 0.3) is 11.3 Å². The summed E-state index contributed by atoms with van der Waals surface area (Å²) in [7, 11) is 0. The second-order valence-electron chi connectivity index (χ2n) is 6.19. The van der Waals surface area contributed by atoms with Gasteiger partial charge in [-0.2, -0.15) is 0 Å². The lowest BCUT2D eigenvalue weighted by molar-refractivity contribution is 0.0695. The highest BCUT2D eigenvalue weighted by molar-refractivity contribution is 5.96. The van der Waals surface area contributed by atoms with Crippen molar-refractivity contribution in [1.82, 2.24) is 9.97 Å². The number of hydrogen-bond donors (Lipinski definition) is 1. The number of hydrogen-bond acceptors (Lipinski definition) is 3. The largest absolute Gasteiger partial charge is 0.478 e. The fourth-order valence-corrected chi connectivity index (χ4v) is 2.70. The lowest BCUT2D eigenvalue weighted by Crippen LogP contribution is -2.12. The van der Waals surface area contributed by atoms with E-state index in [1.807, 2.05) is 39.0 Å². The van der Waals surface area contributed by atoms with Crippen LogP contribution >= 0.6 is 0 Å². The van der Waals surface area contributed by atoms with Crippen molar-refractivity contribution in [3.05, 3.63) is 46.4 Å². The van der Waals surface area contributed by atoms with Gasteiger partial charge in [0, 0.05) is 5.56 Å². The van der Waals surface area contributed by atoms with E-state index in [2.05, 4.69) is 9.97 Å². The number of benzene rings is 1. The Morgan fingerprint density at radius 2 is 1.91 bits per heavy atom. The topological polar surface area (TPSA) is 63.1 Å². The maximum atomic E-state index is 11.8. The Kier molecular flexibility index (Phi) is 3.69. The average molecular weight is 296 g/mol. The molecule has 1 aliphatic carbocycles. The van der Waals surface area contributed by atoms with Crippen molar-refractivity contribution >= 4 is 5.97 Å². The Bertz CT molecular complexity index is 749. The Hall–Kier alpha value is -2.23. The van der Waals surface area contributed by atoms with Crippen molar-refractivity contribution < 1.29 is 9.90 Å². The molecule has 0 saturated heterocycles. The molecule has 0 radical (unpaired) electrons. The number of aryl methyl sites for hydroxylation is 3. The molecule has 4 nitrogen and oxygen atoms in total. The molecule has 22 heavy (non-hydrogen) atoms. The van der Waals surface area contributed by atoms with Crippen LogP contribution < -0.4 is 0 Å². The molecule has 1 aromatic heterocycles. The molecule has 1 fully saturated rings. The minimum atomic E-state index is -0.941. The standard InChI is InChI=1S/C18H20N2O2/c1-10-4-7-14(8-11(10)2)17-16(18(21)22)15(9-13-5-6-13)19-12(3)20-17/h4,7-8,13H,5-6,9H2,1-3H3,(H,21,22). The van der Waals surface area contributed by atoms with Crippen LogP contribution in [0.1, 0.15) is 45.8 Å². The molecule has 0 bridgehead atoms. The summed E-state index contributed by atoms with van der Waals surface area (Å²) in [6.45, 7) is 5.89. The van der Waals surface area contributed by atoms with Crippen LogP contribution in [0.5, 0.6) is 0 Å². The van der Waals surface area contributed by atoms with Gasteiger partial charge in [0.15, 0.2) is 0 Å². The molecule has 0 spiro atoms. The number of aromatic nitrogens is 2. The number of nitrogens with zero attached hydrogens (tertiary/aromatic N) is 2. The normalized spacial score (nSPS) is 14.1. The van der Waals surface area contributed by atoms with Crippen molar-refractivity contribution in [2.75, 3.05) is 0 Å². The van der Waals surface area contributed by atoms with E-state index in [1.165, 1.54) is 18.4 Å². The Labute approximate surface area is 130 Å². The Morgan fingerprint density at radius 3 is 2.50 bits per heavy atom. The SMILES string of the molecule is Cc1nc(CC2CC2)c(C(=O)O)c(-c2ccc(C)c(C)c2)n1. The zero-order chi connectivity index (χ0) is 15.9. The van der Waals surface area contributed by atoms with Gasteiger partial charge >= 0.3 is 5.97 Å². The highest BCUT2D eigenvalue weighted by Gasteiger charge is 2.27. The van der Waals surface area contributed by atoms with Crippen LogP contribution in [-0.4, -0.2) is 21.0 Å². The van der Waals surface area contributed by atoms with Crippen molar-refractivity contribution in [3.8, 4) is 11.3 Å². The van der Waals surface area contributed by atoms with Crippen LogP contribution in [0, 0.1) is 26.7 Å². The fourth-order valence-electron chi connectivity index (χ4n) is 2.70. The summed E-state index contributed by atoms with van der Waals surface area (Å²) in [6.07, 6.45) is 3.07. The molecule has 0 unspecified atom stereocenters. The van der Waals surface area contributed by atoms with Gasteiger partial charge in [0.25, 0.3) is 0 Å². The minimum absolute atomic E-state index is 0.265. The van der Waals surface area contributed by atoms with Crippen LogP contribution in [0.4, 0.5) is 0 Å². The van der Waals surface area contributed by atoms with Gasteiger partial charge in [-0.05, 0) is 63.1 Å². The van der Waals surface area contributed by atoms with Crippen molar-refractivity contribution in [2.45, 2.75) is 40.0 Å². The predicted molar refractivity (Wildman–Crippen MR) is 85.1 cm³/mol. The predicted octanol–water partition coefficient (Wildman–Crippen LogP) is 3.72. The molecule has 1 N–H and O–H groups in total. The lowest BCUT2D eigenvalue weighted by atomic mass is 9.98. The zero-order valence-electron chi connectivity index (χ0n) is 13.2. The van der Waals surface area contributed by atoms with E-state index in [-0.39, 0.29) is 5.56 Å². The number of carboxylic acids is 1. The first-order chi connectivity index (χ1) is 10.5. The van der Waals surface area contributed by atoms with Crippen molar-refractivity contribution in [1.29, 1.82) is 0 Å². The van der Waals surface area contributed by atoms with Crippen LogP contribution in [0.3, 0.4) is 0 Å². The first-order valence-electron chi connectivity index (χ1n) is 7.64. The third-order valence-corrected chi connectivity index (χ3v) is 4.27. The van der Waals surface area contributed by atoms with Crippen molar-refractivity contribution in [3.63, 3.8) is 0 Å². The second-order valence-corrected chi connectivity index (χ2v) is 6.19. The second kappa shape index (κ2) is 5.52. The van der Waals surface area contributed by atoms with E-state index >= 15 is 0 Å². The molecule has 4 heteroatoms. The van der Waals surface area contributed by atoms with Crippen LogP contribution in [0.2, 0.25) is 0 Å². The summed E-state index contributed by atoms with van der Waals surface area (Å²) in [6, 6.07) is 5.95. The van der Waals surface area contributed by atoms with Gasteiger partial charge in [-0.25, -0.2) is 14.8 Å². The molecule has 1 aromatic carbocycles. The number of carbonyl (C=O) groups is 1. The maximum Gasteiger partial charge on any atom is 0.339 e. The van der Waals surface area contributed by atoms with Crippen LogP contribution in [-0.2, 0) is 6.42 Å². The summed E-state index contributed by atoms with van der Waals surface area (Å²) in [4.78, 5) is 20.6. The molecule has 0 aliphatic heterocycles. The third kappa shape index (κ3) is 2.86. The highest BCUT2D eigenvalue weighted by Crippen LogP contribution is 2.35. The number of carboxylic acid groups (broad SMARTS) is 1. The first kappa shape index (κ1) is 14.7. The molecule has 1 heterocycles. The quantitative estimate of drug-likeness (QED) is 0.934. The molecule has 1 aliphatic rings. The van der Waals surface area contributed by atoms with Gasteiger partial charge in [0.2, 0.25) is 0 Å². The molecule has 2 aromatic rings.